The molecular weight excluding hydrogens is 251 g/mol. The molecule has 1 aromatic rings. The van der Waals surface area contributed by atoms with Gasteiger partial charge in [-0.2, -0.15) is 13.2 Å². The van der Waals surface area contributed by atoms with Crippen LogP contribution in [-0.4, -0.2) is 6.54 Å². The van der Waals surface area contributed by atoms with Gasteiger partial charge in [0.15, 0.2) is 0 Å². The highest BCUT2D eigenvalue weighted by atomic mass is 19.4. The summed E-state index contributed by atoms with van der Waals surface area (Å²) in [4.78, 5) is 0. The normalized spacial score (nSPS) is 18.1. The highest BCUT2D eigenvalue weighted by Gasteiger charge is 2.34. The molecule has 1 aromatic carbocycles. The molecule has 4 heteroatoms. The number of halogens is 3. The summed E-state index contributed by atoms with van der Waals surface area (Å²) >= 11 is 0. The highest BCUT2D eigenvalue weighted by Crippen LogP contribution is 2.34. The second kappa shape index (κ2) is 5.95. The van der Waals surface area contributed by atoms with Gasteiger partial charge in [0.2, 0.25) is 0 Å². The van der Waals surface area contributed by atoms with E-state index in [1.807, 2.05) is 0 Å². The molecule has 0 heterocycles. The van der Waals surface area contributed by atoms with Crippen LogP contribution in [0.2, 0.25) is 0 Å². The van der Waals surface area contributed by atoms with Crippen molar-refractivity contribution in [3.8, 4) is 0 Å². The van der Waals surface area contributed by atoms with E-state index in [0.29, 0.717) is 5.56 Å². The molecule has 0 amide bonds. The molecule has 0 aromatic heterocycles. The maximum absolute atomic E-state index is 12.9. The Morgan fingerprint density at radius 2 is 1.95 bits per heavy atom. The van der Waals surface area contributed by atoms with E-state index in [0.717, 1.165) is 24.9 Å². The van der Waals surface area contributed by atoms with Gasteiger partial charge < -0.3 is 5.32 Å². The maximum Gasteiger partial charge on any atom is 0.416 e. The summed E-state index contributed by atoms with van der Waals surface area (Å²) in [6.07, 6.45) is 0.639. The fraction of sp³-hybridized carbons (Fsp3) is 0.600. The zero-order valence-corrected chi connectivity index (χ0v) is 11.1. The van der Waals surface area contributed by atoms with Crippen LogP contribution < -0.4 is 5.32 Å². The Hall–Kier alpha value is -1.03. The van der Waals surface area contributed by atoms with E-state index in [1.165, 1.54) is 25.3 Å². The first-order valence-corrected chi connectivity index (χ1v) is 6.88. The number of rotatable bonds is 5. The minimum atomic E-state index is -4.28. The summed E-state index contributed by atoms with van der Waals surface area (Å²) in [5.74, 6) is 0.776. The first-order valence-electron chi connectivity index (χ1n) is 6.88. The maximum atomic E-state index is 12.9. The average molecular weight is 271 g/mol. The molecule has 1 atom stereocenters. The van der Waals surface area contributed by atoms with Crippen LogP contribution in [-0.2, 0) is 6.18 Å². The molecule has 0 bridgehead atoms. The number of alkyl halides is 3. The van der Waals surface area contributed by atoms with Crippen LogP contribution in [0.15, 0.2) is 24.3 Å². The molecule has 106 valence electrons. The smallest absolute Gasteiger partial charge is 0.310 e. The largest absolute Gasteiger partial charge is 0.416 e. The van der Waals surface area contributed by atoms with Gasteiger partial charge in [-0.15, -0.1) is 0 Å². The number of benzene rings is 1. The van der Waals surface area contributed by atoms with Gasteiger partial charge in [-0.05, 0) is 37.4 Å². The lowest BCUT2D eigenvalue weighted by Gasteiger charge is -2.26. The zero-order chi connectivity index (χ0) is 13.9. The Labute approximate surface area is 112 Å². The Morgan fingerprint density at radius 3 is 2.53 bits per heavy atom. The Morgan fingerprint density at radius 1 is 1.26 bits per heavy atom. The molecule has 0 saturated heterocycles. The number of hydrogen-bond donors (Lipinski definition) is 1. The molecule has 1 N–H and O–H groups in total. The van der Waals surface area contributed by atoms with Gasteiger partial charge in [0, 0.05) is 6.04 Å². The van der Waals surface area contributed by atoms with E-state index < -0.39 is 11.7 Å². The van der Waals surface area contributed by atoms with Crippen LogP contribution in [0.25, 0.3) is 0 Å². The van der Waals surface area contributed by atoms with E-state index in [-0.39, 0.29) is 6.04 Å². The van der Waals surface area contributed by atoms with Crippen molar-refractivity contribution in [1.82, 2.24) is 5.32 Å². The molecular formula is C15H20F3N. The number of nitrogens with one attached hydrogen (secondary N) is 1. The van der Waals surface area contributed by atoms with Crippen LogP contribution in [0.3, 0.4) is 0 Å². The summed E-state index contributed by atoms with van der Waals surface area (Å²) in [5, 5.41) is 3.21. The van der Waals surface area contributed by atoms with Gasteiger partial charge in [-0.3, -0.25) is 0 Å². The molecule has 19 heavy (non-hydrogen) atoms. The van der Waals surface area contributed by atoms with E-state index in [9.17, 15) is 13.2 Å². The minimum Gasteiger partial charge on any atom is -0.310 e. The fourth-order valence-corrected chi connectivity index (χ4v) is 2.53. The zero-order valence-electron chi connectivity index (χ0n) is 11.1. The predicted molar refractivity (Wildman–Crippen MR) is 69.8 cm³/mol. The van der Waals surface area contributed by atoms with Crippen molar-refractivity contribution in [3.63, 3.8) is 0 Å². The van der Waals surface area contributed by atoms with E-state index in [2.05, 4.69) is 5.32 Å². The third-order valence-electron chi connectivity index (χ3n) is 3.96. The number of hydrogen-bond acceptors (Lipinski definition) is 1. The van der Waals surface area contributed by atoms with Crippen molar-refractivity contribution >= 4 is 0 Å². The third kappa shape index (κ3) is 3.72. The van der Waals surface area contributed by atoms with Crippen molar-refractivity contribution in [1.29, 1.82) is 0 Å². The first-order chi connectivity index (χ1) is 8.98. The lowest BCUT2D eigenvalue weighted by molar-refractivity contribution is -0.138. The monoisotopic (exact) mass is 271 g/mol. The summed E-state index contributed by atoms with van der Waals surface area (Å²) in [5.41, 5.74) is -0.192. The fourth-order valence-electron chi connectivity index (χ4n) is 2.53. The SMILES string of the molecule is CC(NCCC1CCC1)c1ccccc1C(F)(F)F. The van der Waals surface area contributed by atoms with Gasteiger partial charge in [0.1, 0.15) is 0 Å². The second-order valence-electron chi connectivity index (χ2n) is 5.35. The van der Waals surface area contributed by atoms with E-state index >= 15 is 0 Å². The molecule has 0 spiro atoms. The molecule has 1 aliphatic rings. The van der Waals surface area contributed by atoms with Crippen molar-refractivity contribution in [2.45, 2.75) is 44.8 Å². The van der Waals surface area contributed by atoms with Gasteiger partial charge in [-0.25, -0.2) is 0 Å². The Bertz CT molecular complexity index is 410. The lowest BCUT2D eigenvalue weighted by Crippen LogP contribution is -2.25. The lowest BCUT2D eigenvalue weighted by atomic mass is 9.83. The van der Waals surface area contributed by atoms with Crippen LogP contribution >= 0.6 is 0 Å². The molecule has 1 aliphatic carbocycles. The topological polar surface area (TPSA) is 12.0 Å². The molecule has 1 saturated carbocycles. The van der Waals surface area contributed by atoms with Crippen molar-refractivity contribution in [2.75, 3.05) is 6.54 Å². The van der Waals surface area contributed by atoms with Crippen molar-refractivity contribution < 1.29 is 13.2 Å². The van der Waals surface area contributed by atoms with E-state index in [1.54, 1.807) is 19.1 Å². The summed E-state index contributed by atoms with van der Waals surface area (Å²) < 4.78 is 38.7. The van der Waals surface area contributed by atoms with Gasteiger partial charge in [-0.1, -0.05) is 37.5 Å². The Balaban J connectivity index is 1.95. The van der Waals surface area contributed by atoms with Crippen molar-refractivity contribution in [3.05, 3.63) is 35.4 Å². The third-order valence-corrected chi connectivity index (χ3v) is 3.96. The molecule has 1 fully saturated rings. The molecule has 2 rings (SSSR count). The molecule has 0 aliphatic heterocycles. The standard InChI is InChI=1S/C15H20F3N/c1-11(19-10-9-12-5-4-6-12)13-7-2-3-8-14(13)15(16,17)18/h2-3,7-8,11-12,19H,4-6,9-10H2,1H3. The molecule has 0 radical (unpaired) electrons. The first kappa shape index (κ1) is 14.4. The predicted octanol–water partition coefficient (Wildman–Crippen LogP) is 4.55. The average Bonchev–Trinajstić information content (AvgIpc) is 2.31. The van der Waals surface area contributed by atoms with Gasteiger partial charge >= 0.3 is 6.18 Å². The van der Waals surface area contributed by atoms with Crippen LogP contribution in [0.1, 0.15) is 49.8 Å². The van der Waals surface area contributed by atoms with Gasteiger partial charge in [0.05, 0.1) is 5.56 Å². The Kier molecular flexibility index (Phi) is 4.50. The van der Waals surface area contributed by atoms with Gasteiger partial charge in [0.25, 0.3) is 0 Å². The second-order valence-corrected chi connectivity index (χ2v) is 5.35. The minimum absolute atomic E-state index is 0.266. The molecule has 1 unspecified atom stereocenters. The summed E-state index contributed by atoms with van der Waals surface area (Å²) in [6.45, 7) is 2.59. The van der Waals surface area contributed by atoms with Crippen LogP contribution in [0, 0.1) is 5.92 Å². The van der Waals surface area contributed by atoms with Crippen molar-refractivity contribution in [2.24, 2.45) is 5.92 Å². The van der Waals surface area contributed by atoms with Crippen LogP contribution in [0.4, 0.5) is 13.2 Å². The highest BCUT2D eigenvalue weighted by molar-refractivity contribution is 5.32. The quantitative estimate of drug-likeness (QED) is 0.828. The summed E-state index contributed by atoms with van der Waals surface area (Å²) in [7, 11) is 0. The molecule has 1 nitrogen and oxygen atoms in total. The summed E-state index contributed by atoms with van der Waals surface area (Å²) in [6, 6.07) is 5.55. The van der Waals surface area contributed by atoms with Crippen LogP contribution in [0.5, 0.6) is 0 Å². The van der Waals surface area contributed by atoms with E-state index in [4.69, 9.17) is 0 Å².